The Balaban J connectivity index is 2.65. The molecule has 2 nitrogen and oxygen atoms in total. The lowest BCUT2D eigenvalue weighted by Crippen LogP contribution is -2.50. The smallest absolute Gasteiger partial charge is 0.0685 e. The van der Waals surface area contributed by atoms with Gasteiger partial charge in [0.2, 0.25) is 0 Å². The van der Waals surface area contributed by atoms with E-state index in [9.17, 15) is 0 Å². The largest absolute Gasteiger partial charge is 0.330 e. The van der Waals surface area contributed by atoms with Gasteiger partial charge in [-0.15, -0.1) is 6.42 Å². The first-order chi connectivity index (χ1) is 6.60. The number of nitrogens with two attached hydrogens (primary N) is 1. The van der Waals surface area contributed by atoms with Gasteiger partial charge in [-0.3, -0.25) is 4.90 Å². The van der Waals surface area contributed by atoms with Crippen LogP contribution in [0.25, 0.3) is 0 Å². The Labute approximate surface area is 87.8 Å². The Morgan fingerprint density at radius 2 is 2.21 bits per heavy atom. The van der Waals surface area contributed by atoms with Crippen molar-refractivity contribution in [3.63, 3.8) is 0 Å². The number of likely N-dealkylation sites (tertiary alicyclic amines) is 1. The Morgan fingerprint density at radius 1 is 1.57 bits per heavy atom. The highest BCUT2D eigenvalue weighted by atomic mass is 15.2. The molecule has 0 radical (unpaired) electrons. The monoisotopic (exact) mass is 194 g/mol. The summed E-state index contributed by atoms with van der Waals surface area (Å²) in [4.78, 5) is 2.40. The molecule has 1 fully saturated rings. The lowest BCUT2D eigenvalue weighted by Gasteiger charge is -2.43. The molecule has 0 bridgehead atoms. The van der Waals surface area contributed by atoms with E-state index in [-0.39, 0.29) is 6.04 Å². The minimum atomic E-state index is 0.242. The molecule has 0 aromatic heterocycles. The maximum atomic E-state index is 5.76. The summed E-state index contributed by atoms with van der Waals surface area (Å²) < 4.78 is 0. The molecular weight excluding hydrogens is 172 g/mol. The normalized spacial score (nSPS) is 36.4. The zero-order valence-electron chi connectivity index (χ0n) is 9.53. The van der Waals surface area contributed by atoms with Gasteiger partial charge in [-0.1, -0.05) is 12.8 Å². The summed E-state index contributed by atoms with van der Waals surface area (Å²) in [6.07, 6.45) is 6.68. The summed E-state index contributed by atoms with van der Waals surface area (Å²) in [6.45, 7) is 8.49. The summed E-state index contributed by atoms with van der Waals surface area (Å²) in [7, 11) is 0. The highest BCUT2D eigenvalue weighted by molar-refractivity contribution is 5.00. The van der Waals surface area contributed by atoms with Crippen LogP contribution in [0.3, 0.4) is 0 Å². The van der Waals surface area contributed by atoms with E-state index in [0.717, 1.165) is 19.0 Å². The molecule has 0 spiro atoms. The van der Waals surface area contributed by atoms with Crippen LogP contribution in [0.15, 0.2) is 0 Å². The van der Waals surface area contributed by atoms with Crippen molar-refractivity contribution in [3.05, 3.63) is 0 Å². The van der Waals surface area contributed by atoms with Gasteiger partial charge < -0.3 is 5.73 Å². The van der Waals surface area contributed by atoms with E-state index >= 15 is 0 Å². The van der Waals surface area contributed by atoms with Crippen molar-refractivity contribution in [1.29, 1.82) is 0 Å². The fourth-order valence-electron chi connectivity index (χ4n) is 2.44. The van der Waals surface area contributed by atoms with E-state index in [2.05, 4.69) is 31.6 Å². The van der Waals surface area contributed by atoms with Crippen LogP contribution in [-0.2, 0) is 0 Å². The van der Waals surface area contributed by atoms with Crippen LogP contribution in [-0.4, -0.2) is 30.1 Å². The highest BCUT2D eigenvalue weighted by Gasteiger charge is 2.31. The summed E-state index contributed by atoms with van der Waals surface area (Å²) in [5, 5.41) is 0. The van der Waals surface area contributed by atoms with Gasteiger partial charge in [0.1, 0.15) is 0 Å². The molecule has 2 heteroatoms. The molecule has 4 unspecified atom stereocenters. The molecule has 0 aromatic rings. The van der Waals surface area contributed by atoms with Crippen molar-refractivity contribution >= 4 is 0 Å². The third-order valence-electron chi connectivity index (χ3n) is 3.57. The van der Waals surface area contributed by atoms with Crippen molar-refractivity contribution in [2.45, 2.75) is 39.3 Å². The van der Waals surface area contributed by atoms with Crippen molar-refractivity contribution in [2.75, 3.05) is 13.1 Å². The standard InChI is InChI=1S/C12H22N2/c1-5-10(3)14-8-12(7-13)9(2)6-11(14)4/h1,9-12H,6-8,13H2,2-4H3. The minimum Gasteiger partial charge on any atom is -0.330 e. The average Bonchev–Trinajstić information content (AvgIpc) is 2.17. The van der Waals surface area contributed by atoms with Crippen LogP contribution in [0, 0.1) is 24.2 Å². The molecule has 80 valence electrons. The van der Waals surface area contributed by atoms with Gasteiger partial charge in [-0.05, 0) is 38.6 Å². The second kappa shape index (κ2) is 4.82. The van der Waals surface area contributed by atoms with E-state index < -0.39 is 0 Å². The molecule has 1 rings (SSSR count). The average molecular weight is 194 g/mol. The number of hydrogen-bond donors (Lipinski definition) is 1. The number of hydrogen-bond acceptors (Lipinski definition) is 2. The molecule has 2 N–H and O–H groups in total. The molecule has 1 aliphatic heterocycles. The summed E-state index contributed by atoms with van der Waals surface area (Å²) in [5.41, 5.74) is 5.76. The third kappa shape index (κ3) is 2.29. The van der Waals surface area contributed by atoms with Gasteiger partial charge in [-0.2, -0.15) is 0 Å². The van der Waals surface area contributed by atoms with Crippen LogP contribution < -0.4 is 5.73 Å². The zero-order valence-corrected chi connectivity index (χ0v) is 9.53. The van der Waals surface area contributed by atoms with Crippen LogP contribution in [0.1, 0.15) is 27.2 Å². The van der Waals surface area contributed by atoms with E-state index in [1.165, 1.54) is 6.42 Å². The predicted molar refractivity (Wildman–Crippen MR) is 60.8 cm³/mol. The SMILES string of the molecule is C#CC(C)N1CC(CN)C(C)CC1C. The zero-order chi connectivity index (χ0) is 10.7. The Hall–Kier alpha value is -0.520. The summed E-state index contributed by atoms with van der Waals surface area (Å²) in [5.74, 6) is 4.16. The van der Waals surface area contributed by atoms with E-state index in [1.807, 2.05) is 0 Å². The van der Waals surface area contributed by atoms with E-state index in [4.69, 9.17) is 12.2 Å². The molecule has 14 heavy (non-hydrogen) atoms. The van der Waals surface area contributed by atoms with Gasteiger partial charge in [0.15, 0.2) is 0 Å². The number of terminal acetylenes is 1. The molecule has 0 aromatic carbocycles. The maximum absolute atomic E-state index is 5.76. The third-order valence-corrected chi connectivity index (χ3v) is 3.57. The Bertz CT molecular complexity index is 219. The van der Waals surface area contributed by atoms with Crippen LogP contribution >= 0.6 is 0 Å². The van der Waals surface area contributed by atoms with Crippen molar-refractivity contribution in [2.24, 2.45) is 17.6 Å². The first kappa shape index (κ1) is 11.6. The van der Waals surface area contributed by atoms with Gasteiger partial charge in [0.25, 0.3) is 0 Å². The lowest BCUT2D eigenvalue weighted by molar-refractivity contribution is 0.0675. The Kier molecular flexibility index (Phi) is 3.97. The first-order valence-corrected chi connectivity index (χ1v) is 5.52. The first-order valence-electron chi connectivity index (χ1n) is 5.52. The molecular formula is C12H22N2. The Morgan fingerprint density at radius 3 is 2.71 bits per heavy atom. The molecule has 0 aliphatic carbocycles. The summed E-state index contributed by atoms with van der Waals surface area (Å²) in [6, 6.07) is 0.838. The van der Waals surface area contributed by atoms with E-state index in [1.54, 1.807) is 0 Å². The number of nitrogens with zero attached hydrogens (tertiary/aromatic N) is 1. The predicted octanol–water partition coefficient (Wildman–Crippen LogP) is 1.31. The van der Waals surface area contributed by atoms with Gasteiger partial charge in [0.05, 0.1) is 6.04 Å². The summed E-state index contributed by atoms with van der Waals surface area (Å²) >= 11 is 0. The van der Waals surface area contributed by atoms with Crippen LogP contribution in [0.2, 0.25) is 0 Å². The molecule has 1 aliphatic rings. The lowest BCUT2D eigenvalue weighted by atomic mass is 9.83. The highest BCUT2D eigenvalue weighted by Crippen LogP contribution is 2.28. The van der Waals surface area contributed by atoms with Crippen molar-refractivity contribution in [3.8, 4) is 12.3 Å². The van der Waals surface area contributed by atoms with Gasteiger partial charge in [-0.25, -0.2) is 0 Å². The quantitative estimate of drug-likeness (QED) is 0.672. The fourth-order valence-corrected chi connectivity index (χ4v) is 2.44. The van der Waals surface area contributed by atoms with Gasteiger partial charge in [0, 0.05) is 12.6 Å². The molecule has 4 atom stereocenters. The topological polar surface area (TPSA) is 29.3 Å². The number of rotatable bonds is 2. The molecule has 1 heterocycles. The van der Waals surface area contributed by atoms with Gasteiger partial charge >= 0.3 is 0 Å². The molecule has 0 amide bonds. The van der Waals surface area contributed by atoms with E-state index in [0.29, 0.717) is 12.0 Å². The maximum Gasteiger partial charge on any atom is 0.0685 e. The second-order valence-electron chi connectivity index (χ2n) is 4.60. The van der Waals surface area contributed by atoms with Crippen LogP contribution in [0.5, 0.6) is 0 Å². The molecule has 1 saturated heterocycles. The molecule has 0 saturated carbocycles. The fraction of sp³-hybridized carbons (Fsp3) is 0.833. The van der Waals surface area contributed by atoms with Crippen LogP contribution in [0.4, 0.5) is 0 Å². The van der Waals surface area contributed by atoms with Crippen molar-refractivity contribution in [1.82, 2.24) is 4.90 Å². The number of piperidine rings is 1. The van der Waals surface area contributed by atoms with Crippen molar-refractivity contribution < 1.29 is 0 Å². The second-order valence-corrected chi connectivity index (χ2v) is 4.60. The minimum absolute atomic E-state index is 0.242.